The van der Waals surface area contributed by atoms with Gasteiger partial charge in [-0.05, 0) is 42.8 Å². The molecule has 0 fully saturated rings. The number of halogens is 1. The van der Waals surface area contributed by atoms with Gasteiger partial charge >= 0.3 is 0 Å². The molecule has 0 saturated heterocycles. The summed E-state index contributed by atoms with van der Waals surface area (Å²) in [4.78, 5) is 21.3. The third-order valence-corrected chi connectivity index (χ3v) is 4.49. The number of aromatic nitrogens is 2. The number of likely N-dealkylation sites (N-methyl/N-ethyl adjacent to an activating group) is 1. The Kier molecular flexibility index (Phi) is 4.95. The Morgan fingerprint density at radius 2 is 2.09 bits per heavy atom. The second-order valence-electron chi connectivity index (χ2n) is 5.19. The minimum Gasteiger partial charge on any atom is -0.492 e. The average molecular weight is 350 g/mol. The lowest BCUT2D eigenvalue weighted by Crippen LogP contribution is -2.26. The summed E-state index contributed by atoms with van der Waals surface area (Å²) >= 11 is 7.24. The van der Waals surface area contributed by atoms with Crippen LogP contribution in [0.2, 0.25) is 5.02 Å². The first-order valence-corrected chi connectivity index (χ1v) is 8.41. The van der Waals surface area contributed by atoms with E-state index in [-0.39, 0.29) is 5.56 Å². The van der Waals surface area contributed by atoms with E-state index >= 15 is 0 Å². The molecule has 0 radical (unpaired) electrons. The van der Waals surface area contributed by atoms with E-state index in [9.17, 15) is 4.79 Å². The van der Waals surface area contributed by atoms with Crippen molar-refractivity contribution in [2.75, 3.05) is 20.2 Å². The first kappa shape index (κ1) is 16.0. The lowest BCUT2D eigenvalue weighted by Gasteiger charge is -2.16. The fraction of sp³-hybridized carbons (Fsp3) is 0.250. The predicted molar refractivity (Wildman–Crippen MR) is 93.5 cm³/mol. The van der Waals surface area contributed by atoms with E-state index in [0.717, 1.165) is 11.3 Å². The van der Waals surface area contributed by atoms with Gasteiger partial charge in [0.15, 0.2) is 0 Å². The van der Waals surface area contributed by atoms with Crippen LogP contribution in [0.5, 0.6) is 5.75 Å². The van der Waals surface area contributed by atoms with Crippen LogP contribution in [-0.2, 0) is 6.54 Å². The zero-order valence-corrected chi connectivity index (χ0v) is 14.2. The van der Waals surface area contributed by atoms with Crippen molar-refractivity contribution in [3.8, 4) is 5.75 Å². The second-order valence-corrected chi connectivity index (χ2v) is 6.54. The van der Waals surface area contributed by atoms with E-state index in [4.69, 9.17) is 16.3 Å². The molecule has 2 aromatic heterocycles. The van der Waals surface area contributed by atoms with Crippen LogP contribution in [0.25, 0.3) is 10.2 Å². The molecule has 0 atom stereocenters. The molecule has 1 N–H and O–H groups in total. The minimum absolute atomic E-state index is 0.0779. The molecular weight excluding hydrogens is 334 g/mol. The normalized spacial score (nSPS) is 11.3. The third-order valence-electron chi connectivity index (χ3n) is 3.34. The Morgan fingerprint density at radius 1 is 1.30 bits per heavy atom. The number of nitrogens with one attached hydrogen (secondary N) is 1. The highest BCUT2D eigenvalue weighted by Crippen LogP contribution is 2.16. The maximum Gasteiger partial charge on any atom is 0.268 e. The molecule has 5 nitrogen and oxygen atoms in total. The van der Waals surface area contributed by atoms with Gasteiger partial charge in [-0.2, -0.15) is 0 Å². The lowest BCUT2D eigenvalue weighted by molar-refractivity contribution is 0.230. The summed E-state index contributed by atoms with van der Waals surface area (Å²) in [5.41, 5.74) is 0.672. The van der Waals surface area contributed by atoms with Crippen molar-refractivity contribution in [3.63, 3.8) is 0 Å². The number of thiophene rings is 1. The van der Waals surface area contributed by atoms with Crippen molar-refractivity contribution < 1.29 is 4.74 Å². The molecule has 23 heavy (non-hydrogen) atoms. The lowest BCUT2D eigenvalue weighted by atomic mass is 10.3. The molecule has 120 valence electrons. The molecule has 3 rings (SSSR count). The third kappa shape index (κ3) is 4.10. The van der Waals surface area contributed by atoms with Crippen LogP contribution in [-0.4, -0.2) is 35.1 Å². The van der Waals surface area contributed by atoms with E-state index < -0.39 is 0 Å². The van der Waals surface area contributed by atoms with Crippen LogP contribution in [0.4, 0.5) is 0 Å². The van der Waals surface area contributed by atoms with Gasteiger partial charge in [0.05, 0.1) is 12.1 Å². The van der Waals surface area contributed by atoms with Crippen LogP contribution in [0.1, 0.15) is 5.82 Å². The zero-order valence-electron chi connectivity index (χ0n) is 12.6. The van der Waals surface area contributed by atoms with Gasteiger partial charge in [-0.3, -0.25) is 9.69 Å². The molecule has 3 aromatic rings. The Morgan fingerprint density at radius 3 is 2.87 bits per heavy atom. The number of hydrogen-bond acceptors (Lipinski definition) is 5. The van der Waals surface area contributed by atoms with Crippen LogP contribution in [0.3, 0.4) is 0 Å². The van der Waals surface area contributed by atoms with Gasteiger partial charge in [0, 0.05) is 11.6 Å². The summed E-state index contributed by atoms with van der Waals surface area (Å²) in [5.74, 6) is 1.45. The Bertz CT molecular complexity index is 844. The predicted octanol–water partition coefficient (Wildman–Crippen LogP) is 3.15. The fourth-order valence-corrected chi connectivity index (χ4v) is 3.03. The largest absolute Gasteiger partial charge is 0.492 e. The van der Waals surface area contributed by atoms with Crippen molar-refractivity contribution in [2.45, 2.75) is 6.54 Å². The minimum atomic E-state index is -0.0779. The number of fused-ring (bicyclic) bond motifs is 1. The van der Waals surface area contributed by atoms with E-state index in [1.807, 2.05) is 35.5 Å². The first-order valence-electron chi connectivity index (χ1n) is 7.15. The summed E-state index contributed by atoms with van der Waals surface area (Å²) < 4.78 is 6.33. The van der Waals surface area contributed by atoms with Gasteiger partial charge in [-0.1, -0.05) is 11.6 Å². The molecule has 0 bridgehead atoms. The van der Waals surface area contributed by atoms with E-state index in [0.29, 0.717) is 35.2 Å². The van der Waals surface area contributed by atoms with Gasteiger partial charge in [0.25, 0.3) is 5.56 Å². The zero-order chi connectivity index (χ0) is 16.2. The van der Waals surface area contributed by atoms with Crippen molar-refractivity contribution in [2.24, 2.45) is 0 Å². The summed E-state index contributed by atoms with van der Waals surface area (Å²) in [6, 6.07) is 9.14. The maximum absolute atomic E-state index is 11.9. The van der Waals surface area contributed by atoms with Gasteiger partial charge in [-0.25, -0.2) is 4.98 Å². The molecule has 1 aromatic carbocycles. The number of nitrogens with zero attached hydrogens (tertiary/aromatic N) is 2. The van der Waals surface area contributed by atoms with E-state index in [1.165, 1.54) is 11.3 Å². The van der Waals surface area contributed by atoms with Gasteiger partial charge < -0.3 is 9.72 Å². The summed E-state index contributed by atoms with van der Waals surface area (Å²) in [5, 5.41) is 2.56. The van der Waals surface area contributed by atoms with Crippen LogP contribution in [0.15, 0.2) is 40.5 Å². The quantitative estimate of drug-likeness (QED) is 0.742. The number of aromatic amines is 1. The maximum atomic E-state index is 11.9. The van der Waals surface area contributed by atoms with Crippen molar-refractivity contribution in [1.82, 2.24) is 14.9 Å². The topological polar surface area (TPSA) is 58.2 Å². The molecule has 0 spiro atoms. The number of H-pyrrole nitrogens is 1. The molecule has 0 unspecified atom stereocenters. The average Bonchev–Trinajstić information content (AvgIpc) is 2.98. The standard InChI is InChI=1S/C16H16ClN3O2S/c1-20(7-8-22-12-4-2-11(17)3-5-12)10-14-18-13-6-9-23-15(13)16(21)19-14/h2-6,9H,7-8,10H2,1H3,(H,18,19,21). The second kappa shape index (κ2) is 7.12. The molecule has 0 amide bonds. The SMILES string of the molecule is CN(CCOc1ccc(Cl)cc1)Cc1nc2ccsc2c(=O)[nH]1. The Labute approximate surface area is 142 Å². The number of ether oxygens (including phenoxy) is 1. The van der Waals surface area contributed by atoms with Gasteiger partial charge in [0.1, 0.15) is 22.9 Å². The van der Waals surface area contributed by atoms with Crippen molar-refractivity contribution >= 4 is 33.2 Å². The number of rotatable bonds is 6. The van der Waals surface area contributed by atoms with Gasteiger partial charge in [-0.15, -0.1) is 11.3 Å². The van der Waals surface area contributed by atoms with E-state index in [2.05, 4.69) is 9.97 Å². The smallest absolute Gasteiger partial charge is 0.268 e. The highest BCUT2D eigenvalue weighted by molar-refractivity contribution is 7.17. The number of hydrogen-bond donors (Lipinski definition) is 1. The highest BCUT2D eigenvalue weighted by Gasteiger charge is 2.07. The fourth-order valence-electron chi connectivity index (χ4n) is 2.18. The number of benzene rings is 1. The molecule has 0 aliphatic heterocycles. The van der Waals surface area contributed by atoms with Crippen molar-refractivity contribution in [1.29, 1.82) is 0 Å². The van der Waals surface area contributed by atoms with E-state index in [1.54, 1.807) is 12.1 Å². The summed E-state index contributed by atoms with van der Waals surface area (Å²) in [6.07, 6.45) is 0. The summed E-state index contributed by atoms with van der Waals surface area (Å²) in [6.45, 7) is 1.82. The van der Waals surface area contributed by atoms with Crippen LogP contribution in [0, 0.1) is 0 Å². The molecule has 7 heteroatoms. The Hall–Kier alpha value is -1.89. The molecule has 0 aliphatic rings. The molecular formula is C16H16ClN3O2S. The molecule has 2 heterocycles. The van der Waals surface area contributed by atoms with Gasteiger partial charge in [0.2, 0.25) is 0 Å². The molecule has 0 saturated carbocycles. The van der Waals surface area contributed by atoms with Crippen LogP contribution < -0.4 is 10.3 Å². The molecule has 0 aliphatic carbocycles. The van der Waals surface area contributed by atoms with Crippen LogP contribution >= 0.6 is 22.9 Å². The first-order chi connectivity index (χ1) is 11.1. The summed E-state index contributed by atoms with van der Waals surface area (Å²) in [7, 11) is 1.96. The van der Waals surface area contributed by atoms with Crippen molar-refractivity contribution in [3.05, 3.63) is 56.9 Å². The monoisotopic (exact) mass is 349 g/mol. The Balaban J connectivity index is 1.54. The highest BCUT2D eigenvalue weighted by atomic mass is 35.5.